The molecule has 0 fully saturated rings. The van der Waals surface area contributed by atoms with E-state index in [-0.39, 0.29) is 6.61 Å². The summed E-state index contributed by atoms with van der Waals surface area (Å²) in [5.41, 5.74) is 17.0. The number of hydrogen-bond acceptors (Lipinski definition) is 3. The van der Waals surface area contributed by atoms with Crippen molar-refractivity contribution < 1.29 is 5.11 Å². The molecule has 0 radical (unpaired) electrons. The van der Waals surface area contributed by atoms with Crippen molar-refractivity contribution in [3.63, 3.8) is 0 Å². The lowest BCUT2D eigenvalue weighted by Crippen LogP contribution is -1.89. The number of aliphatic hydroxyl groups is 1. The second-order valence-electron chi connectivity index (χ2n) is 9.96. The number of nitrogens with zero attached hydrogens (tertiary/aromatic N) is 2. The molecule has 5 heterocycles. The number of aromatic nitrogens is 4. The summed E-state index contributed by atoms with van der Waals surface area (Å²) in [6.45, 7) is 13.2. The molecule has 0 aliphatic carbocycles. The van der Waals surface area contributed by atoms with Crippen molar-refractivity contribution in [2.75, 3.05) is 6.61 Å². The van der Waals surface area contributed by atoms with Crippen LogP contribution in [-0.4, -0.2) is 31.6 Å². The van der Waals surface area contributed by atoms with E-state index >= 15 is 0 Å². The summed E-state index contributed by atoms with van der Waals surface area (Å²) in [4.78, 5) is 17.5. The predicted molar refractivity (Wildman–Crippen MR) is 151 cm³/mol. The molecule has 5 nitrogen and oxygen atoms in total. The molecule has 0 saturated heterocycles. The highest BCUT2D eigenvalue weighted by atomic mass is 16.2. The summed E-state index contributed by atoms with van der Waals surface area (Å²) >= 11 is 0. The van der Waals surface area contributed by atoms with Gasteiger partial charge in [0.15, 0.2) is 0 Å². The van der Waals surface area contributed by atoms with E-state index in [4.69, 9.17) is 9.97 Å². The largest absolute Gasteiger partial charge is 0.396 e. The molecule has 2 aliphatic heterocycles. The molecule has 0 spiro atoms. The van der Waals surface area contributed by atoms with E-state index < -0.39 is 0 Å². The lowest BCUT2D eigenvalue weighted by atomic mass is 9.99. The number of aliphatic hydroxyl groups excluding tert-OH is 1. The Hall–Kier alpha value is -3.44. The van der Waals surface area contributed by atoms with Gasteiger partial charge in [0.2, 0.25) is 0 Å². The molecule has 0 amide bonds. The third-order valence-electron chi connectivity index (χ3n) is 7.73. The Morgan fingerprint density at radius 1 is 0.694 bits per heavy atom. The van der Waals surface area contributed by atoms with Crippen molar-refractivity contribution in [2.45, 2.75) is 67.2 Å². The van der Waals surface area contributed by atoms with E-state index in [1.165, 1.54) is 39.0 Å². The van der Waals surface area contributed by atoms with Gasteiger partial charge in [-0.05, 0) is 123 Å². The topological polar surface area (TPSA) is 77.6 Å². The lowest BCUT2D eigenvalue weighted by molar-refractivity contribution is 0.290. The lowest BCUT2D eigenvalue weighted by Gasteiger charge is -2.04. The van der Waals surface area contributed by atoms with E-state index in [1.807, 2.05) is 0 Å². The normalized spacial score (nSPS) is 13.8. The van der Waals surface area contributed by atoms with Crippen LogP contribution in [0, 0.1) is 13.8 Å². The second-order valence-corrected chi connectivity index (χ2v) is 9.96. The first-order valence-electron chi connectivity index (χ1n) is 13.1. The fourth-order valence-electron chi connectivity index (χ4n) is 5.58. The van der Waals surface area contributed by atoms with Crippen LogP contribution < -0.4 is 0 Å². The number of hydrogen-bond donors (Lipinski definition) is 3. The highest BCUT2D eigenvalue weighted by Gasteiger charge is 2.20. The van der Waals surface area contributed by atoms with Crippen molar-refractivity contribution in [1.82, 2.24) is 19.9 Å². The highest BCUT2D eigenvalue weighted by Crippen LogP contribution is 2.37. The third-order valence-corrected chi connectivity index (χ3v) is 7.73. The van der Waals surface area contributed by atoms with Gasteiger partial charge in [0.05, 0.1) is 22.8 Å². The van der Waals surface area contributed by atoms with Gasteiger partial charge in [0, 0.05) is 28.7 Å². The molecule has 0 aromatic carbocycles. The van der Waals surface area contributed by atoms with Crippen LogP contribution in [-0.2, 0) is 6.42 Å². The van der Waals surface area contributed by atoms with Crippen molar-refractivity contribution in [2.24, 2.45) is 0 Å². The van der Waals surface area contributed by atoms with Gasteiger partial charge < -0.3 is 15.1 Å². The Balaban J connectivity index is 1.92. The van der Waals surface area contributed by atoms with Gasteiger partial charge in [0.1, 0.15) is 0 Å². The first kappa shape index (κ1) is 24.3. The van der Waals surface area contributed by atoms with Crippen LogP contribution in [0.4, 0.5) is 0 Å². The number of fused-ring (bicyclic) bond motifs is 8. The fourth-order valence-corrected chi connectivity index (χ4v) is 5.58. The average molecular weight is 481 g/mol. The first-order chi connectivity index (χ1) is 17.3. The molecule has 0 saturated carbocycles. The number of aromatic amines is 2. The zero-order valence-electron chi connectivity index (χ0n) is 22.3. The van der Waals surface area contributed by atoms with E-state index in [0.29, 0.717) is 6.42 Å². The number of nitrogens with one attached hydrogen (secondary N) is 2. The van der Waals surface area contributed by atoms with Crippen LogP contribution in [0.5, 0.6) is 0 Å². The van der Waals surface area contributed by atoms with Gasteiger partial charge in [0.25, 0.3) is 0 Å². The molecule has 3 N–H and O–H groups in total. The van der Waals surface area contributed by atoms with Crippen LogP contribution >= 0.6 is 0 Å². The Kier molecular flexibility index (Phi) is 6.44. The first-order valence-corrected chi connectivity index (χ1v) is 13.1. The molecule has 0 atom stereocenters. The number of H-pyrrole nitrogens is 2. The SMILES string of the molecule is CCC1=C(C)c2cc3[nH]c(cc4cc(C)c(cc5nc(cc1n2)C(CCCO)=C5C)[nH]4)c(C)c3CC. The Morgan fingerprint density at radius 3 is 2.03 bits per heavy atom. The molecular formula is C31H36N4O. The molecule has 5 rings (SSSR count). The van der Waals surface area contributed by atoms with E-state index in [9.17, 15) is 5.11 Å². The van der Waals surface area contributed by atoms with Crippen LogP contribution in [0.25, 0.3) is 44.4 Å². The van der Waals surface area contributed by atoms with E-state index in [0.717, 1.165) is 64.1 Å². The van der Waals surface area contributed by atoms with Crippen molar-refractivity contribution in [1.29, 1.82) is 0 Å². The van der Waals surface area contributed by atoms with Crippen molar-refractivity contribution >= 4 is 44.4 Å². The molecule has 2 aliphatic rings. The third kappa shape index (κ3) is 4.11. The Bertz CT molecular complexity index is 1580. The molecule has 3 aromatic heterocycles. The minimum Gasteiger partial charge on any atom is -0.396 e. The van der Waals surface area contributed by atoms with Crippen molar-refractivity contribution in [3.05, 3.63) is 69.8 Å². The van der Waals surface area contributed by atoms with E-state index in [1.54, 1.807) is 0 Å². The summed E-state index contributed by atoms with van der Waals surface area (Å²) < 4.78 is 0. The van der Waals surface area contributed by atoms with Gasteiger partial charge in [-0.3, -0.25) is 0 Å². The minimum atomic E-state index is 0.169. The Labute approximate surface area is 213 Å². The summed E-state index contributed by atoms with van der Waals surface area (Å²) in [5.74, 6) is 0. The molecular weight excluding hydrogens is 444 g/mol. The maximum Gasteiger partial charge on any atom is 0.0694 e. The molecule has 5 heteroatoms. The second kappa shape index (κ2) is 9.55. The zero-order valence-corrected chi connectivity index (χ0v) is 22.3. The standard InChI is InChI=1S/C31H36N4O/c1-7-22-18(4)26-13-21-12-17(3)25(32-21)14-27-20(6)24(10-9-11-36)31(35-27)16-30-23(8-2)19(5)28(34-30)15-29(22)33-26/h12-16,32-33,36H,7-11H2,1-6H3. The summed E-state index contributed by atoms with van der Waals surface area (Å²) in [6.07, 6.45) is 3.38. The highest BCUT2D eigenvalue weighted by molar-refractivity contribution is 5.95. The molecule has 3 aromatic rings. The van der Waals surface area contributed by atoms with Crippen LogP contribution in [0.2, 0.25) is 0 Å². The quantitative estimate of drug-likeness (QED) is 0.353. The summed E-state index contributed by atoms with van der Waals surface area (Å²) in [6, 6.07) is 10.9. The van der Waals surface area contributed by atoms with Gasteiger partial charge in [-0.15, -0.1) is 0 Å². The number of allylic oxidation sites excluding steroid dienone is 4. The number of aryl methyl sites for hydroxylation is 3. The van der Waals surface area contributed by atoms with Gasteiger partial charge in [-0.1, -0.05) is 13.8 Å². The van der Waals surface area contributed by atoms with Crippen LogP contribution in [0.1, 0.15) is 86.4 Å². The maximum atomic E-state index is 9.53. The molecule has 36 heavy (non-hydrogen) atoms. The number of rotatable bonds is 5. The zero-order chi connectivity index (χ0) is 25.6. The fraction of sp³-hybridized carbons (Fsp3) is 0.355. The maximum absolute atomic E-state index is 9.53. The van der Waals surface area contributed by atoms with Crippen LogP contribution in [0.3, 0.4) is 0 Å². The Morgan fingerprint density at radius 2 is 1.36 bits per heavy atom. The van der Waals surface area contributed by atoms with Crippen molar-refractivity contribution in [3.8, 4) is 0 Å². The van der Waals surface area contributed by atoms with Gasteiger partial charge >= 0.3 is 0 Å². The summed E-state index contributed by atoms with van der Waals surface area (Å²) in [5, 5.41) is 9.53. The molecule has 8 bridgehead atoms. The van der Waals surface area contributed by atoms with Gasteiger partial charge in [-0.2, -0.15) is 0 Å². The molecule has 186 valence electrons. The van der Waals surface area contributed by atoms with E-state index in [2.05, 4.69) is 81.8 Å². The monoisotopic (exact) mass is 480 g/mol. The minimum absolute atomic E-state index is 0.169. The summed E-state index contributed by atoms with van der Waals surface area (Å²) in [7, 11) is 0. The van der Waals surface area contributed by atoms with Crippen LogP contribution in [0.15, 0.2) is 30.3 Å². The predicted octanol–water partition coefficient (Wildman–Crippen LogP) is 7.54. The molecule has 0 unspecified atom stereocenters. The smallest absolute Gasteiger partial charge is 0.0694 e. The average Bonchev–Trinajstić information content (AvgIpc) is 3.52. The van der Waals surface area contributed by atoms with Gasteiger partial charge in [-0.25, -0.2) is 9.97 Å².